The number of anilines is 1. The molecule has 0 spiro atoms. The molecule has 0 radical (unpaired) electrons. The molecule has 1 N–H and O–H groups in total. The molecular formula is C17H27N3O. The van der Waals surface area contributed by atoms with Gasteiger partial charge in [-0.25, -0.2) is 0 Å². The second kappa shape index (κ2) is 6.92. The number of aromatic nitrogens is 1. The van der Waals surface area contributed by atoms with Crippen LogP contribution in [0.1, 0.15) is 56.9 Å². The van der Waals surface area contributed by atoms with Crippen LogP contribution in [0, 0.1) is 5.41 Å². The van der Waals surface area contributed by atoms with Gasteiger partial charge in [0.2, 0.25) is 0 Å². The second-order valence-corrected chi connectivity index (χ2v) is 5.96. The van der Waals surface area contributed by atoms with E-state index in [1.807, 2.05) is 24.0 Å². The van der Waals surface area contributed by atoms with E-state index >= 15 is 0 Å². The summed E-state index contributed by atoms with van der Waals surface area (Å²) in [4.78, 5) is 18.8. The van der Waals surface area contributed by atoms with Crippen molar-refractivity contribution in [2.45, 2.75) is 46.5 Å². The van der Waals surface area contributed by atoms with Gasteiger partial charge in [-0.2, -0.15) is 0 Å². The molecule has 1 aromatic heterocycles. The van der Waals surface area contributed by atoms with E-state index < -0.39 is 0 Å². The number of nitrogens with zero attached hydrogens (tertiary/aromatic N) is 2. The van der Waals surface area contributed by atoms with Crippen LogP contribution in [0.5, 0.6) is 0 Å². The number of piperidine rings is 1. The molecule has 1 aliphatic heterocycles. The Balaban J connectivity index is 2.03. The predicted molar refractivity (Wildman–Crippen MR) is 86.6 cm³/mol. The van der Waals surface area contributed by atoms with E-state index in [1.165, 1.54) is 12.8 Å². The van der Waals surface area contributed by atoms with Crippen molar-refractivity contribution in [3.63, 3.8) is 0 Å². The maximum Gasteiger partial charge on any atom is 0.272 e. The minimum atomic E-state index is 0.0653. The summed E-state index contributed by atoms with van der Waals surface area (Å²) in [5, 5.41) is 3.23. The van der Waals surface area contributed by atoms with Crippen LogP contribution < -0.4 is 5.32 Å². The lowest BCUT2D eigenvalue weighted by Gasteiger charge is -2.40. The average molecular weight is 289 g/mol. The summed E-state index contributed by atoms with van der Waals surface area (Å²) >= 11 is 0. The number of amides is 1. The highest BCUT2D eigenvalue weighted by molar-refractivity contribution is 5.93. The zero-order valence-electron chi connectivity index (χ0n) is 13.5. The summed E-state index contributed by atoms with van der Waals surface area (Å²) in [5.41, 5.74) is 1.95. The highest BCUT2D eigenvalue weighted by Crippen LogP contribution is 2.38. The van der Waals surface area contributed by atoms with Gasteiger partial charge in [0, 0.05) is 31.5 Å². The largest absolute Gasteiger partial charge is 0.385 e. The van der Waals surface area contributed by atoms with Crippen LogP contribution in [0.15, 0.2) is 18.3 Å². The first kappa shape index (κ1) is 15.8. The van der Waals surface area contributed by atoms with Gasteiger partial charge >= 0.3 is 0 Å². The average Bonchev–Trinajstić information content (AvgIpc) is 2.55. The summed E-state index contributed by atoms with van der Waals surface area (Å²) in [6.45, 7) is 9.13. The third kappa shape index (κ3) is 3.55. The molecule has 2 heterocycles. The molecular weight excluding hydrogens is 262 g/mol. The van der Waals surface area contributed by atoms with Crippen molar-refractivity contribution in [1.82, 2.24) is 9.88 Å². The van der Waals surface area contributed by atoms with Crippen molar-refractivity contribution in [3.8, 4) is 0 Å². The first-order valence-corrected chi connectivity index (χ1v) is 8.13. The molecule has 1 fully saturated rings. The van der Waals surface area contributed by atoms with Crippen molar-refractivity contribution < 1.29 is 4.79 Å². The summed E-state index contributed by atoms with van der Waals surface area (Å²) < 4.78 is 0. The van der Waals surface area contributed by atoms with Crippen molar-refractivity contribution in [2.24, 2.45) is 5.41 Å². The van der Waals surface area contributed by atoms with E-state index in [0.717, 1.165) is 38.2 Å². The zero-order chi connectivity index (χ0) is 15.3. The number of pyridine rings is 1. The summed E-state index contributed by atoms with van der Waals surface area (Å²) in [6, 6.07) is 3.75. The molecule has 0 saturated carbocycles. The van der Waals surface area contributed by atoms with Gasteiger partial charge in [-0.3, -0.25) is 9.78 Å². The Kier molecular flexibility index (Phi) is 5.21. The van der Waals surface area contributed by atoms with E-state index in [1.54, 1.807) is 6.20 Å². The van der Waals surface area contributed by atoms with Crippen molar-refractivity contribution in [1.29, 1.82) is 0 Å². The van der Waals surface area contributed by atoms with Crippen LogP contribution in [-0.2, 0) is 0 Å². The molecule has 1 aromatic rings. The molecule has 1 amide bonds. The lowest BCUT2D eigenvalue weighted by atomic mass is 9.74. The minimum Gasteiger partial charge on any atom is -0.385 e. The predicted octanol–water partition coefficient (Wildman–Crippen LogP) is 3.56. The molecule has 0 aliphatic carbocycles. The molecule has 4 nitrogen and oxygen atoms in total. The third-order valence-electron chi connectivity index (χ3n) is 4.97. The van der Waals surface area contributed by atoms with Gasteiger partial charge in [-0.15, -0.1) is 0 Å². The maximum atomic E-state index is 12.6. The Morgan fingerprint density at radius 1 is 1.29 bits per heavy atom. The van der Waals surface area contributed by atoms with Gasteiger partial charge in [-0.05, 0) is 37.3 Å². The molecule has 4 heteroatoms. The SMILES string of the molecule is CCNc1ccnc(C(=O)N2CCC(CC)(CC)CC2)c1. The fourth-order valence-electron chi connectivity index (χ4n) is 3.16. The van der Waals surface area contributed by atoms with Crippen LogP contribution in [0.4, 0.5) is 5.69 Å². The van der Waals surface area contributed by atoms with Gasteiger partial charge in [0.05, 0.1) is 0 Å². The number of nitrogens with one attached hydrogen (secondary N) is 1. The summed E-state index contributed by atoms with van der Waals surface area (Å²) in [5.74, 6) is 0.0653. The highest BCUT2D eigenvalue weighted by atomic mass is 16.2. The molecule has 0 unspecified atom stereocenters. The van der Waals surface area contributed by atoms with Crippen LogP contribution in [0.25, 0.3) is 0 Å². The number of carbonyl (C=O) groups is 1. The highest BCUT2D eigenvalue weighted by Gasteiger charge is 2.33. The number of rotatable bonds is 5. The standard InChI is InChI=1S/C17H27N3O/c1-4-17(5-2)8-11-20(12-9-17)16(21)15-13-14(18-6-3)7-10-19-15/h7,10,13H,4-6,8-9,11-12H2,1-3H3,(H,18,19). The fourth-order valence-corrected chi connectivity index (χ4v) is 3.16. The first-order chi connectivity index (χ1) is 10.1. The third-order valence-corrected chi connectivity index (χ3v) is 4.97. The molecule has 1 aliphatic rings. The Bertz CT molecular complexity index is 473. The zero-order valence-corrected chi connectivity index (χ0v) is 13.5. The first-order valence-electron chi connectivity index (χ1n) is 8.13. The Morgan fingerprint density at radius 3 is 2.52 bits per heavy atom. The monoisotopic (exact) mass is 289 g/mol. The number of hydrogen-bond donors (Lipinski definition) is 1. The minimum absolute atomic E-state index is 0.0653. The van der Waals surface area contributed by atoms with Gasteiger partial charge in [0.15, 0.2) is 0 Å². The Morgan fingerprint density at radius 2 is 1.95 bits per heavy atom. The van der Waals surface area contributed by atoms with Crippen LogP contribution in [-0.4, -0.2) is 35.4 Å². The van der Waals surface area contributed by atoms with Gasteiger partial charge in [0.25, 0.3) is 5.91 Å². The normalized spacial score (nSPS) is 17.6. The van der Waals surface area contributed by atoms with E-state index in [-0.39, 0.29) is 5.91 Å². The van der Waals surface area contributed by atoms with Gasteiger partial charge in [-0.1, -0.05) is 26.7 Å². The quantitative estimate of drug-likeness (QED) is 0.901. The van der Waals surface area contributed by atoms with Gasteiger partial charge in [0.1, 0.15) is 5.69 Å². The van der Waals surface area contributed by atoms with E-state index in [2.05, 4.69) is 24.1 Å². The topological polar surface area (TPSA) is 45.2 Å². The van der Waals surface area contributed by atoms with Crippen molar-refractivity contribution in [3.05, 3.63) is 24.0 Å². The van der Waals surface area contributed by atoms with Gasteiger partial charge < -0.3 is 10.2 Å². The molecule has 1 saturated heterocycles. The number of hydrogen-bond acceptors (Lipinski definition) is 3. The molecule has 21 heavy (non-hydrogen) atoms. The van der Waals surface area contributed by atoms with Crippen molar-refractivity contribution >= 4 is 11.6 Å². The molecule has 0 bridgehead atoms. The molecule has 0 aromatic carbocycles. The maximum absolute atomic E-state index is 12.6. The van der Waals surface area contributed by atoms with Crippen molar-refractivity contribution in [2.75, 3.05) is 25.0 Å². The Labute approximate surface area is 127 Å². The second-order valence-electron chi connectivity index (χ2n) is 5.96. The van der Waals surface area contributed by atoms with Crippen LogP contribution >= 0.6 is 0 Å². The lowest BCUT2D eigenvalue weighted by molar-refractivity contribution is 0.0552. The molecule has 116 valence electrons. The summed E-state index contributed by atoms with van der Waals surface area (Å²) in [7, 11) is 0. The number of carbonyl (C=O) groups excluding carboxylic acids is 1. The van der Waals surface area contributed by atoms with E-state index in [0.29, 0.717) is 11.1 Å². The fraction of sp³-hybridized carbons (Fsp3) is 0.647. The van der Waals surface area contributed by atoms with Crippen LogP contribution in [0.3, 0.4) is 0 Å². The van der Waals surface area contributed by atoms with Crippen LogP contribution in [0.2, 0.25) is 0 Å². The van der Waals surface area contributed by atoms with E-state index in [4.69, 9.17) is 0 Å². The molecule has 0 atom stereocenters. The Hall–Kier alpha value is -1.58. The summed E-state index contributed by atoms with van der Waals surface area (Å²) in [6.07, 6.45) is 6.34. The number of likely N-dealkylation sites (tertiary alicyclic amines) is 1. The molecule has 2 rings (SSSR count). The lowest BCUT2D eigenvalue weighted by Crippen LogP contribution is -2.43. The van der Waals surface area contributed by atoms with E-state index in [9.17, 15) is 4.79 Å². The smallest absolute Gasteiger partial charge is 0.272 e.